The van der Waals surface area contributed by atoms with Gasteiger partial charge in [-0.25, -0.2) is 0 Å². The van der Waals surface area contributed by atoms with Gasteiger partial charge in [0.1, 0.15) is 24.4 Å². The SMILES string of the molecule is CCCCCCCC(=O)N[C@@H]1O[C@H](CO)[C@H](O)[C@H](O)[C@H]1O. The number of ether oxygens (including phenoxy) is 1. The summed E-state index contributed by atoms with van der Waals surface area (Å²) in [7, 11) is 0. The maximum atomic E-state index is 11.8. The van der Waals surface area contributed by atoms with Crippen LogP contribution in [-0.4, -0.2) is 63.6 Å². The summed E-state index contributed by atoms with van der Waals surface area (Å²) in [5.74, 6) is -0.282. The average Bonchev–Trinajstić information content (AvgIpc) is 2.47. The van der Waals surface area contributed by atoms with E-state index in [1.807, 2.05) is 0 Å². The highest BCUT2D eigenvalue weighted by atomic mass is 16.6. The van der Waals surface area contributed by atoms with Gasteiger partial charge in [-0.05, 0) is 6.42 Å². The van der Waals surface area contributed by atoms with Crippen LogP contribution >= 0.6 is 0 Å². The maximum absolute atomic E-state index is 11.8. The molecule has 1 aliphatic heterocycles. The zero-order valence-corrected chi connectivity index (χ0v) is 12.4. The minimum atomic E-state index is -1.47. The minimum absolute atomic E-state index is 0.282. The zero-order valence-electron chi connectivity index (χ0n) is 12.4. The van der Waals surface area contributed by atoms with Crippen molar-refractivity contribution in [2.24, 2.45) is 0 Å². The van der Waals surface area contributed by atoms with Gasteiger partial charge >= 0.3 is 0 Å². The number of amides is 1. The minimum Gasteiger partial charge on any atom is -0.394 e. The summed E-state index contributed by atoms with van der Waals surface area (Å²) in [6, 6.07) is 0. The second kappa shape index (κ2) is 9.32. The first-order chi connectivity index (χ1) is 10.0. The summed E-state index contributed by atoms with van der Waals surface area (Å²) in [6.45, 7) is 1.61. The molecular weight excluding hydrogens is 278 g/mol. The predicted octanol–water partition coefficient (Wildman–Crippen LogP) is -0.737. The number of nitrogens with one attached hydrogen (secondary N) is 1. The van der Waals surface area contributed by atoms with Crippen molar-refractivity contribution >= 4 is 5.91 Å². The Morgan fingerprint density at radius 2 is 1.71 bits per heavy atom. The molecule has 0 aromatic heterocycles. The third-order valence-corrected chi connectivity index (χ3v) is 3.70. The van der Waals surface area contributed by atoms with E-state index in [1.165, 1.54) is 0 Å². The molecule has 0 saturated carbocycles. The average molecular weight is 305 g/mol. The Bertz CT molecular complexity index is 312. The Kier molecular flexibility index (Phi) is 8.13. The molecule has 7 heteroatoms. The lowest BCUT2D eigenvalue weighted by molar-refractivity contribution is -0.236. The second-order valence-corrected chi connectivity index (χ2v) is 5.48. The van der Waals surface area contributed by atoms with Gasteiger partial charge in [0, 0.05) is 6.42 Å². The molecule has 0 aromatic rings. The normalized spacial score (nSPS) is 32.9. The van der Waals surface area contributed by atoms with E-state index in [9.17, 15) is 20.1 Å². The maximum Gasteiger partial charge on any atom is 0.222 e. The van der Waals surface area contributed by atoms with Crippen molar-refractivity contribution in [3.63, 3.8) is 0 Å². The topological polar surface area (TPSA) is 119 Å². The number of carbonyl (C=O) groups is 1. The smallest absolute Gasteiger partial charge is 0.222 e. The van der Waals surface area contributed by atoms with Crippen LogP contribution in [0.3, 0.4) is 0 Å². The molecule has 0 bridgehead atoms. The Hall–Kier alpha value is -0.730. The standard InChI is InChI=1S/C14H27NO6/c1-2-3-4-5-6-7-10(17)15-14-13(20)12(19)11(18)9(8-16)21-14/h9,11-14,16,18-20H,2-8H2,1H3,(H,15,17)/t9-,11+,12+,13-,14-/m1/s1. The molecule has 0 aromatic carbocycles. The van der Waals surface area contributed by atoms with E-state index in [-0.39, 0.29) is 5.91 Å². The summed E-state index contributed by atoms with van der Waals surface area (Å²) >= 11 is 0. The van der Waals surface area contributed by atoms with Crippen molar-refractivity contribution in [1.29, 1.82) is 0 Å². The zero-order chi connectivity index (χ0) is 15.8. The Morgan fingerprint density at radius 1 is 1.05 bits per heavy atom. The molecule has 5 atom stereocenters. The lowest BCUT2D eigenvalue weighted by Crippen LogP contribution is -2.63. The third-order valence-electron chi connectivity index (χ3n) is 3.70. The van der Waals surface area contributed by atoms with Crippen LogP contribution in [0.5, 0.6) is 0 Å². The first kappa shape index (κ1) is 18.3. The number of carbonyl (C=O) groups excluding carboxylic acids is 1. The van der Waals surface area contributed by atoms with Crippen LogP contribution in [0.4, 0.5) is 0 Å². The molecule has 21 heavy (non-hydrogen) atoms. The monoisotopic (exact) mass is 305 g/mol. The first-order valence-corrected chi connectivity index (χ1v) is 7.61. The van der Waals surface area contributed by atoms with Crippen molar-refractivity contribution in [1.82, 2.24) is 5.32 Å². The van der Waals surface area contributed by atoms with Crippen molar-refractivity contribution in [2.45, 2.75) is 76.1 Å². The quantitative estimate of drug-likeness (QED) is 0.377. The van der Waals surface area contributed by atoms with E-state index in [0.717, 1.165) is 32.1 Å². The van der Waals surface area contributed by atoms with Crippen molar-refractivity contribution < 1.29 is 30.0 Å². The number of aliphatic hydroxyl groups is 4. The Labute approximate surface area is 124 Å². The fourth-order valence-electron chi connectivity index (χ4n) is 2.34. The van der Waals surface area contributed by atoms with E-state index in [1.54, 1.807) is 0 Å². The molecule has 0 radical (unpaired) electrons. The number of rotatable bonds is 8. The molecule has 1 heterocycles. The summed E-state index contributed by atoms with van der Waals surface area (Å²) in [4.78, 5) is 11.8. The molecule has 0 aliphatic carbocycles. The molecule has 0 spiro atoms. The molecule has 1 aliphatic rings. The molecule has 1 amide bonds. The van der Waals surface area contributed by atoms with Crippen molar-refractivity contribution in [2.75, 3.05) is 6.61 Å². The molecular formula is C14H27NO6. The second-order valence-electron chi connectivity index (χ2n) is 5.48. The Morgan fingerprint density at radius 3 is 2.33 bits per heavy atom. The van der Waals surface area contributed by atoms with Crippen LogP contribution in [0.15, 0.2) is 0 Å². The van der Waals surface area contributed by atoms with E-state index in [2.05, 4.69) is 12.2 Å². The number of hydrogen-bond donors (Lipinski definition) is 5. The molecule has 5 N–H and O–H groups in total. The summed E-state index contributed by atoms with van der Waals surface area (Å²) in [5.41, 5.74) is 0. The fraction of sp³-hybridized carbons (Fsp3) is 0.929. The van der Waals surface area contributed by atoms with Crippen molar-refractivity contribution in [3.8, 4) is 0 Å². The van der Waals surface area contributed by atoms with Gasteiger partial charge < -0.3 is 30.5 Å². The molecule has 1 fully saturated rings. The highest BCUT2D eigenvalue weighted by molar-refractivity contribution is 5.76. The van der Waals surface area contributed by atoms with Gasteiger partial charge in [-0.2, -0.15) is 0 Å². The summed E-state index contributed by atoms with van der Waals surface area (Å²) in [5, 5.41) is 40.6. The van der Waals surface area contributed by atoms with Gasteiger partial charge in [-0.3, -0.25) is 4.79 Å². The third kappa shape index (κ3) is 5.52. The van der Waals surface area contributed by atoms with Gasteiger partial charge in [0.2, 0.25) is 5.91 Å². The predicted molar refractivity (Wildman–Crippen MR) is 75.3 cm³/mol. The van der Waals surface area contributed by atoms with Crippen LogP contribution in [-0.2, 0) is 9.53 Å². The molecule has 0 unspecified atom stereocenters. The summed E-state index contributed by atoms with van der Waals surface area (Å²) < 4.78 is 5.20. The van der Waals surface area contributed by atoms with E-state index >= 15 is 0 Å². The van der Waals surface area contributed by atoms with Gasteiger partial charge in [0.15, 0.2) is 6.23 Å². The van der Waals surface area contributed by atoms with Crippen LogP contribution in [0.25, 0.3) is 0 Å². The molecule has 1 saturated heterocycles. The van der Waals surface area contributed by atoms with E-state index < -0.39 is 37.3 Å². The number of hydrogen-bond acceptors (Lipinski definition) is 6. The molecule has 7 nitrogen and oxygen atoms in total. The largest absolute Gasteiger partial charge is 0.394 e. The number of unbranched alkanes of at least 4 members (excludes halogenated alkanes) is 4. The summed E-state index contributed by atoms with van der Waals surface area (Å²) in [6.07, 6.45) is -1.01. The molecule has 124 valence electrons. The highest BCUT2D eigenvalue weighted by Crippen LogP contribution is 2.19. The number of aliphatic hydroxyl groups excluding tert-OH is 4. The van der Waals surface area contributed by atoms with E-state index in [4.69, 9.17) is 9.84 Å². The van der Waals surface area contributed by atoms with Crippen LogP contribution in [0.2, 0.25) is 0 Å². The van der Waals surface area contributed by atoms with Crippen LogP contribution < -0.4 is 5.32 Å². The highest BCUT2D eigenvalue weighted by Gasteiger charge is 2.43. The lowest BCUT2D eigenvalue weighted by atomic mass is 9.98. The first-order valence-electron chi connectivity index (χ1n) is 7.61. The molecule has 1 rings (SSSR count). The fourth-order valence-corrected chi connectivity index (χ4v) is 2.34. The van der Waals surface area contributed by atoms with Gasteiger partial charge in [0.25, 0.3) is 0 Å². The van der Waals surface area contributed by atoms with Crippen LogP contribution in [0, 0.1) is 0 Å². The van der Waals surface area contributed by atoms with Gasteiger partial charge in [-0.15, -0.1) is 0 Å². The van der Waals surface area contributed by atoms with Crippen molar-refractivity contribution in [3.05, 3.63) is 0 Å². The van der Waals surface area contributed by atoms with Gasteiger partial charge in [0.05, 0.1) is 6.61 Å². The van der Waals surface area contributed by atoms with Gasteiger partial charge in [-0.1, -0.05) is 32.6 Å². The van der Waals surface area contributed by atoms with E-state index in [0.29, 0.717) is 6.42 Å². The van der Waals surface area contributed by atoms with Crippen LogP contribution in [0.1, 0.15) is 45.4 Å². The Balaban J connectivity index is 2.36. The lowest BCUT2D eigenvalue weighted by Gasteiger charge is -2.40.